The van der Waals surface area contributed by atoms with Crippen molar-refractivity contribution in [3.63, 3.8) is 0 Å². The number of rotatable bonds is 6. The van der Waals surface area contributed by atoms with Crippen molar-refractivity contribution >= 4 is 18.0 Å². The Labute approximate surface area is 142 Å². The van der Waals surface area contributed by atoms with E-state index in [0.29, 0.717) is 22.2 Å². The van der Waals surface area contributed by atoms with E-state index in [1.54, 1.807) is 54.3 Å². The molecule has 0 aliphatic heterocycles. The predicted octanol–water partition coefficient (Wildman–Crippen LogP) is 2.48. The summed E-state index contributed by atoms with van der Waals surface area (Å²) >= 11 is 1.42. The number of carbonyl (C=O) groups is 1. The average molecular weight is 342 g/mol. The number of ether oxygens (including phenoxy) is 1. The number of phenols is 1. The largest absolute Gasteiger partial charge is 0.508 e. The van der Waals surface area contributed by atoms with Gasteiger partial charge in [0.05, 0.1) is 12.8 Å². The molecule has 0 fully saturated rings. The maximum atomic E-state index is 11.0. The van der Waals surface area contributed by atoms with Crippen LogP contribution in [0.4, 0.5) is 0 Å². The first-order valence-electron chi connectivity index (χ1n) is 7.04. The summed E-state index contributed by atoms with van der Waals surface area (Å²) < 4.78 is 6.91. The quantitative estimate of drug-likeness (QED) is 0.543. The van der Waals surface area contributed by atoms with Crippen molar-refractivity contribution in [2.75, 3.05) is 7.11 Å². The van der Waals surface area contributed by atoms with Gasteiger partial charge in [0.1, 0.15) is 17.8 Å². The number of nitrogens with zero attached hydrogens (tertiary/aromatic N) is 4. The molecule has 0 atom stereocenters. The lowest BCUT2D eigenvalue weighted by Crippen LogP contribution is -1.99. The smallest absolute Gasteiger partial charge is 0.214 e. The van der Waals surface area contributed by atoms with Gasteiger partial charge in [-0.3, -0.25) is 4.79 Å². The monoisotopic (exact) mass is 342 g/mol. The van der Waals surface area contributed by atoms with Gasteiger partial charge in [-0.1, -0.05) is 11.8 Å². The Morgan fingerprint density at radius 3 is 2.75 bits per heavy atom. The number of aldehydes is 1. The van der Waals surface area contributed by atoms with E-state index < -0.39 is 0 Å². The predicted molar refractivity (Wildman–Crippen MR) is 88.8 cm³/mol. The van der Waals surface area contributed by atoms with Gasteiger partial charge < -0.3 is 9.84 Å². The van der Waals surface area contributed by atoms with E-state index >= 15 is 0 Å². The van der Waals surface area contributed by atoms with Gasteiger partial charge in [-0.25, -0.2) is 0 Å². The molecule has 8 heteroatoms. The summed E-state index contributed by atoms with van der Waals surface area (Å²) in [6.45, 7) is 0. The third-order valence-electron chi connectivity index (χ3n) is 3.33. The number of thioether (sulfide) groups is 1. The van der Waals surface area contributed by atoms with Crippen LogP contribution in [0.25, 0.3) is 5.69 Å². The maximum absolute atomic E-state index is 11.0. The zero-order chi connectivity index (χ0) is 16.9. The molecule has 122 valence electrons. The highest BCUT2D eigenvalue weighted by molar-refractivity contribution is 7.98. The van der Waals surface area contributed by atoms with Crippen LogP contribution in [-0.4, -0.2) is 38.7 Å². The van der Waals surface area contributed by atoms with Crippen LogP contribution < -0.4 is 4.74 Å². The Bertz CT molecular complexity index is 849. The molecule has 0 aliphatic carbocycles. The highest BCUT2D eigenvalue weighted by Crippen LogP contribution is 2.28. The third kappa shape index (κ3) is 3.38. The molecular formula is C16H14N4O3S. The summed E-state index contributed by atoms with van der Waals surface area (Å²) in [5, 5.41) is 21.7. The Morgan fingerprint density at radius 2 is 2.04 bits per heavy atom. The number of phenolic OH excluding ortho intramolecular Hbond substituents is 1. The fraction of sp³-hybridized carbons (Fsp3) is 0.125. The van der Waals surface area contributed by atoms with E-state index in [-0.39, 0.29) is 5.75 Å². The summed E-state index contributed by atoms with van der Waals surface area (Å²) in [6, 6.07) is 11.9. The van der Waals surface area contributed by atoms with Crippen molar-refractivity contribution in [2.24, 2.45) is 0 Å². The minimum Gasteiger partial charge on any atom is -0.508 e. The number of hydrogen-bond acceptors (Lipinski definition) is 7. The van der Waals surface area contributed by atoms with Crippen molar-refractivity contribution in [3.8, 4) is 17.2 Å². The second kappa shape index (κ2) is 7.14. The van der Waals surface area contributed by atoms with E-state index in [1.165, 1.54) is 11.8 Å². The van der Waals surface area contributed by atoms with Crippen molar-refractivity contribution in [1.82, 2.24) is 20.2 Å². The fourth-order valence-electron chi connectivity index (χ4n) is 2.15. The minimum atomic E-state index is 0.177. The molecule has 2 aromatic carbocycles. The number of tetrazole rings is 1. The lowest BCUT2D eigenvalue weighted by atomic mass is 10.1. The molecule has 0 bridgehead atoms. The first-order chi connectivity index (χ1) is 11.7. The highest BCUT2D eigenvalue weighted by atomic mass is 32.2. The van der Waals surface area contributed by atoms with Crippen LogP contribution >= 0.6 is 11.8 Å². The Kier molecular flexibility index (Phi) is 4.76. The second-order valence-corrected chi connectivity index (χ2v) is 5.81. The molecule has 1 N–H and O–H groups in total. The molecule has 7 nitrogen and oxygen atoms in total. The van der Waals surface area contributed by atoms with Crippen LogP contribution in [-0.2, 0) is 5.75 Å². The summed E-state index contributed by atoms with van der Waals surface area (Å²) in [5.41, 5.74) is 2.21. The van der Waals surface area contributed by atoms with Gasteiger partial charge in [0.25, 0.3) is 0 Å². The molecule has 0 saturated carbocycles. The van der Waals surface area contributed by atoms with Gasteiger partial charge in [-0.05, 0) is 52.9 Å². The fourth-order valence-corrected chi connectivity index (χ4v) is 3.02. The number of hydrogen-bond donors (Lipinski definition) is 1. The molecule has 1 aromatic heterocycles. The Morgan fingerprint density at radius 1 is 1.25 bits per heavy atom. The summed E-state index contributed by atoms with van der Waals surface area (Å²) in [6.07, 6.45) is 0.800. The van der Waals surface area contributed by atoms with Gasteiger partial charge in [0.15, 0.2) is 0 Å². The molecule has 0 radical (unpaired) electrons. The zero-order valence-corrected chi connectivity index (χ0v) is 13.6. The van der Waals surface area contributed by atoms with Crippen molar-refractivity contribution in [2.45, 2.75) is 10.9 Å². The number of aromatic nitrogens is 4. The standard InChI is InChI=1S/C16H14N4O3S/c1-23-15-7-2-11(9-21)8-12(15)10-24-16-17-18-19-20(16)13-3-5-14(22)6-4-13/h2-9,22H,10H2,1H3. The lowest BCUT2D eigenvalue weighted by Gasteiger charge is -2.09. The number of carbonyl (C=O) groups excluding carboxylic acids is 1. The average Bonchev–Trinajstić information content (AvgIpc) is 3.08. The van der Waals surface area contributed by atoms with Gasteiger partial charge >= 0.3 is 0 Å². The number of methoxy groups -OCH3 is 1. The molecule has 3 rings (SSSR count). The van der Waals surface area contributed by atoms with Gasteiger partial charge in [-0.2, -0.15) is 4.68 Å². The summed E-state index contributed by atoms with van der Waals surface area (Å²) in [7, 11) is 1.59. The van der Waals surface area contributed by atoms with Crippen molar-refractivity contribution in [3.05, 3.63) is 53.6 Å². The molecule has 3 aromatic rings. The van der Waals surface area contributed by atoms with E-state index in [2.05, 4.69) is 15.5 Å². The van der Waals surface area contributed by atoms with Crippen LogP contribution in [0.1, 0.15) is 15.9 Å². The first kappa shape index (κ1) is 16.0. The van der Waals surface area contributed by atoms with E-state index in [4.69, 9.17) is 4.74 Å². The van der Waals surface area contributed by atoms with E-state index in [1.807, 2.05) is 0 Å². The molecule has 0 amide bonds. The van der Waals surface area contributed by atoms with E-state index in [9.17, 15) is 9.90 Å². The molecule has 0 saturated heterocycles. The molecule has 0 aliphatic rings. The third-order valence-corrected chi connectivity index (χ3v) is 4.30. The van der Waals surface area contributed by atoms with Crippen LogP contribution in [0.15, 0.2) is 47.6 Å². The lowest BCUT2D eigenvalue weighted by molar-refractivity contribution is 0.112. The SMILES string of the molecule is COc1ccc(C=O)cc1CSc1nnnn1-c1ccc(O)cc1. The van der Waals surface area contributed by atoms with Crippen LogP contribution in [0.3, 0.4) is 0 Å². The minimum absolute atomic E-state index is 0.177. The van der Waals surface area contributed by atoms with Crippen LogP contribution in [0.5, 0.6) is 11.5 Å². The van der Waals surface area contributed by atoms with Crippen LogP contribution in [0.2, 0.25) is 0 Å². The Balaban J connectivity index is 1.82. The van der Waals surface area contributed by atoms with Gasteiger partial charge in [0, 0.05) is 16.9 Å². The molecular weight excluding hydrogens is 328 g/mol. The number of aromatic hydroxyl groups is 1. The maximum Gasteiger partial charge on any atom is 0.214 e. The Hall–Kier alpha value is -2.87. The summed E-state index contributed by atoms with van der Waals surface area (Å²) in [4.78, 5) is 11.0. The topological polar surface area (TPSA) is 90.1 Å². The highest BCUT2D eigenvalue weighted by Gasteiger charge is 2.12. The molecule has 24 heavy (non-hydrogen) atoms. The van der Waals surface area contributed by atoms with Crippen LogP contribution in [0, 0.1) is 0 Å². The zero-order valence-electron chi connectivity index (χ0n) is 12.8. The molecule has 0 unspecified atom stereocenters. The second-order valence-electron chi connectivity index (χ2n) is 4.87. The molecule has 1 heterocycles. The first-order valence-corrected chi connectivity index (χ1v) is 8.02. The van der Waals surface area contributed by atoms with Crippen molar-refractivity contribution in [1.29, 1.82) is 0 Å². The molecule has 0 spiro atoms. The van der Waals surface area contributed by atoms with Crippen molar-refractivity contribution < 1.29 is 14.6 Å². The number of benzene rings is 2. The normalized spacial score (nSPS) is 10.5. The van der Waals surface area contributed by atoms with E-state index in [0.717, 1.165) is 17.5 Å². The van der Waals surface area contributed by atoms with Gasteiger partial charge in [-0.15, -0.1) is 5.10 Å². The van der Waals surface area contributed by atoms with Gasteiger partial charge in [0.2, 0.25) is 5.16 Å². The summed E-state index contributed by atoms with van der Waals surface area (Å²) in [5.74, 6) is 1.43.